The molecular formula is C30H40N8. The molecule has 8 nitrogen and oxygen atoms in total. The summed E-state index contributed by atoms with van der Waals surface area (Å²) in [5.41, 5.74) is 11.7. The molecule has 1 aromatic heterocycles. The maximum absolute atomic E-state index is 6.33. The molecule has 5 atom stereocenters. The average molecular weight is 513 g/mol. The Bertz CT molecular complexity index is 1240. The highest BCUT2D eigenvalue weighted by molar-refractivity contribution is 5.97. The molecule has 5 aliphatic rings. The summed E-state index contributed by atoms with van der Waals surface area (Å²) in [6, 6.07) is 0.660. The van der Waals surface area contributed by atoms with Crippen LogP contribution in [0, 0.1) is 11.8 Å². The number of nitrogen functional groups attached to an aromatic ring is 1. The molecule has 1 saturated carbocycles. The zero-order valence-electron chi connectivity index (χ0n) is 22.5. The van der Waals surface area contributed by atoms with Crippen LogP contribution in [0.15, 0.2) is 74.5 Å². The summed E-state index contributed by atoms with van der Waals surface area (Å²) >= 11 is 0. The number of fused-ring (bicyclic) bond motifs is 4. The molecule has 1 aliphatic heterocycles. The van der Waals surface area contributed by atoms with Crippen molar-refractivity contribution in [2.75, 3.05) is 12.3 Å². The molecule has 1 aromatic rings. The molecule has 2 heterocycles. The third-order valence-electron chi connectivity index (χ3n) is 8.84. The van der Waals surface area contributed by atoms with E-state index >= 15 is 0 Å². The molecule has 0 radical (unpaired) electrons. The van der Waals surface area contributed by atoms with Gasteiger partial charge in [0.25, 0.3) is 5.95 Å². The van der Waals surface area contributed by atoms with E-state index in [1.54, 1.807) is 4.68 Å². The number of anilines is 1. The van der Waals surface area contributed by atoms with Gasteiger partial charge in [0, 0.05) is 24.7 Å². The highest BCUT2D eigenvalue weighted by atomic mass is 15.5. The van der Waals surface area contributed by atoms with Crippen molar-refractivity contribution in [3.8, 4) is 0 Å². The zero-order chi connectivity index (χ0) is 25.9. The number of allylic oxidation sites excluding steroid dienone is 7. The van der Waals surface area contributed by atoms with Crippen LogP contribution in [0.25, 0.3) is 0 Å². The molecule has 4 aliphatic carbocycles. The van der Waals surface area contributed by atoms with Crippen LogP contribution in [-0.4, -0.2) is 39.1 Å². The molecule has 1 fully saturated rings. The Morgan fingerprint density at radius 3 is 2.97 bits per heavy atom. The van der Waals surface area contributed by atoms with Crippen LogP contribution in [0.2, 0.25) is 0 Å². The molecule has 0 amide bonds. The first-order valence-electron chi connectivity index (χ1n) is 14.5. The fourth-order valence-electron chi connectivity index (χ4n) is 6.72. The number of azo groups is 1. The molecule has 0 saturated heterocycles. The van der Waals surface area contributed by atoms with Gasteiger partial charge in [-0.1, -0.05) is 42.0 Å². The second-order valence-corrected chi connectivity index (χ2v) is 11.3. The van der Waals surface area contributed by atoms with Crippen molar-refractivity contribution >= 4 is 17.6 Å². The highest BCUT2D eigenvalue weighted by Gasteiger charge is 2.34. The first-order valence-corrected chi connectivity index (χ1v) is 14.5. The number of aromatic nitrogens is 3. The topological polar surface area (TPSA) is 106 Å². The fourth-order valence-corrected chi connectivity index (χ4v) is 6.72. The molecule has 3 N–H and O–H groups in total. The molecule has 4 unspecified atom stereocenters. The van der Waals surface area contributed by atoms with Crippen LogP contribution in [0.1, 0.15) is 77.3 Å². The second-order valence-electron chi connectivity index (χ2n) is 11.3. The van der Waals surface area contributed by atoms with Crippen molar-refractivity contribution < 1.29 is 0 Å². The monoisotopic (exact) mass is 512 g/mol. The van der Waals surface area contributed by atoms with E-state index in [0.29, 0.717) is 29.8 Å². The van der Waals surface area contributed by atoms with Gasteiger partial charge in [-0.25, -0.2) is 9.67 Å². The molecule has 8 heteroatoms. The van der Waals surface area contributed by atoms with Gasteiger partial charge in [0.05, 0.1) is 0 Å². The van der Waals surface area contributed by atoms with Gasteiger partial charge in [-0.2, -0.15) is 15.2 Å². The van der Waals surface area contributed by atoms with E-state index in [4.69, 9.17) is 15.8 Å². The molecule has 6 rings (SSSR count). The minimum Gasteiger partial charge on any atom is -0.368 e. The number of hydrogen-bond acceptors (Lipinski definition) is 7. The summed E-state index contributed by atoms with van der Waals surface area (Å²) in [4.78, 5) is 9.33. The number of rotatable bonds is 5. The number of nitrogens with one attached hydrogen (secondary N) is 1. The Balaban J connectivity index is 1.16. The average Bonchev–Trinajstić information content (AvgIpc) is 3.08. The summed E-state index contributed by atoms with van der Waals surface area (Å²) in [7, 11) is 0. The van der Waals surface area contributed by atoms with Gasteiger partial charge in [0.15, 0.2) is 6.17 Å². The van der Waals surface area contributed by atoms with Crippen molar-refractivity contribution in [3.05, 3.63) is 59.3 Å². The Morgan fingerprint density at radius 2 is 2.05 bits per heavy atom. The van der Waals surface area contributed by atoms with Gasteiger partial charge >= 0.3 is 0 Å². The number of nitrogens with two attached hydrogens (primary N) is 1. The quantitative estimate of drug-likeness (QED) is 0.450. The van der Waals surface area contributed by atoms with Gasteiger partial charge in [-0.3, -0.25) is 0 Å². The number of aliphatic imine (C=N–C) groups is 1. The SMILES string of the molecule is CC=CCN[C@@H]1CCC2=CC(=Nc3nc(N)n(C4CC5=CCCC6CC=CC=C6C5N=N4)n3)CCC2CC1. The van der Waals surface area contributed by atoms with Crippen LogP contribution in [0.3, 0.4) is 0 Å². The van der Waals surface area contributed by atoms with E-state index in [-0.39, 0.29) is 12.2 Å². The molecule has 0 aromatic carbocycles. The van der Waals surface area contributed by atoms with E-state index in [2.05, 4.69) is 70.0 Å². The van der Waals surface area contributed by atoms with Crippen molar-refractivity contribution in [2.45, 2.75) is 89.4 Å². The van der Waals surface area contributed by atoms with Crippen molar-refractivity contribution in [3.63, 3.8) is 0 Å². The van der Waals surface area contributed by atoms with Gasteiger partial charge in [-0.05, 0) is 93.8 Å². The predicted octanol–water partition coefficient (Wildman–Crippen LogP) is 6.32. The first kappa shape index (κ1) is 25.2. The predicted molar refractivity (Wildman–Crippen MR) is 152 cm³/mol. The van der Waals surface area contributed by atoms with E-state index in [1.807, 2.05) is 0 Å². The Kier molecular flexibility index (Phi) is 7.49. The van der Waals surface area contributed by atoms with E-state index in [1.165, 1.54) is 42.4 Å². The lowest BCUT2D eigenvalue weighted by Crippen LogP contribution is -2.28. The van der Waals surface area contributed by atoms with Gasteiger partial charge in [0.2, 0.25) is 5.95 Å². The van der Waals surface area contributed by atoms with Crippen LogP contribution in [0.4, 0.5) is 11.9 Å². The van der Waals surface area contributed by atoms with Gasteiger partial charge < -0.3 is 11.1 Å². The molecule has 200 valence electrons. The number of hydrogen-bond donors (Lipinski definition) is 2. The van der Waals surface area contributed by atoms with Crippen molar-refractivity contribution in [1.29, 1.82) is 0 Å². The van der Waals surface area contributed by atoms with Crippen molar-refractivity contribution in [1.82, 2.24) is 20.1 Å². The molecule has 38 heavy (non-hydrogen) atoms. The van der Waals surface area contributed by atoms with E-state index in [9.17, 15) is 0 Å². The normalized spacial score (nSPS) is 32.1. The van der Waals surface area contributed by atoms with Gasteiger partial charge in [0.1, 0.15) is 6.04 Å². The van der Waals surface area contributed by atoms with Crippen molar-refractivity contribution in [2.24, 2.45) is 27.1 Å². The maximum atomic E-state index is 6.33. The third kappa shape index (κ3) is 5.37. The summed E-state index contributed by atoms with van der Waals surface area (Å²) in [5.74, 6) is 2.03. The minimum atomic E-state index is -0.266. The lowest BCUT2D eigenvalue weighted by molar-refractivity contribution is 0.407. The fraction of sp³-hybridized carbons (Fsp3) is 0.567. The first-order chi connectivity index (χ1) is 18.7. The van der Waals surface area contributed by atoms with E-state index < -0.39 is 0 Å². The largest absolute Gasteiger partial charge is 0.368 e. The van der Waals surface area contributed by atoms with Crippen LogP contribution in [-0.2, 0) is 0 Å². The third-order valence-corrected chi connectivity index (χ3v) is 8.84. The highest BCUT2D eigenvalue weighted by Crippen LogP contribution is 2.41. The second kappa shape index (κ2) is 11.3. The molecule has 0 spiro atoms. The summed E-state index contributed by atoms with van der Waals surface area (Å²) in [6.07, 6.45) is 26.4. The lowest BCUT2D eigenvalue weighted by Gasteiger charge is -2.29. The number of nitrogens with zero attached hydrogens (tertiary/aromatic N) is 6. The molecular weight excluding hydrogens is 472 g/mol. The van der Waals surface area contributed by atoms with Gasteiger partial charge in [-0.15, -0.1) is 5.10 Å². The standard InChI is InChI=1S/C30H40N8/c1-2-3-17-32-24-14-11-20-12-16-25(18-22(20)13-15-24)33-30-34-29(31)38(37-30)27-19-23-9-6-8-21-7-4-5-10-26(21)28(23)36-35-27/h2-5,9-10,18,20-21,24,27-28,32H,6-8,11-17,19H2,1H3,(H2,31,34,37)/t20?,21?,24-,27?,28?/m0/s1. The summed E-state index contributed by atoms with van der Waals surface area (Å²) < 4.78 is 1.71. The molecule has 0 bridgehead atoms. The van der Waals surface area contributed by atoms with Crippen LogP contribution < -0.4 is 11.1 Å². The summed E-state index contributed by atoms with van der Waals surface area (Å²) in [5, 5.41) is 17.8. The van der Waals surface area contributed by atoms with E-state index in [0.717, 1.165) is 50.8 Å². The zero-order valence-corrected chi connectivity index (χ0v) is 22.5. The maximum Gasteiger partial charge on any atom is 0.270 e. The van der Waals surface area contributed by atoms with Crippen LogP contribution in [0.5, 0.6) is 0 Å². The Morgan fingerprint density at radius 1 is 1.11 bits per heavy atom. The Labute approximate surface area is 225 Å². The summed E-state index contributed by atoms with van der Waals surface area (Å²) in [6.45, 7) is 3.03. The Hall–Kier alpha value is -3.13. The minimum absolute atomic E-state index is 0.0625. The lowest BCUT2D eigenvalue weighted by atomic mass is 9.83. The van der Waals surface area contributed by atoms with Crippen LogP contribution >= 0.6 is 0 Å². The smallest absolute Gasteiger partial charge is 0.270 e.